The molecule has 170 valence electrons. The van der Waals surface area contributed by atoms with Gasteiger partial charge in [0.2, 0.25) is 0 Å². The van der Waals surface area contributed by atoms with Crippen molar-refractivity contribution in [3.05, 3.63) is 23.8 Å². The summed E-state index contributed by atoms with van der Waals surface area (Å²) in [5.41, 5.74) is -0.369. The van der Waals surface area contributed by atoms with Gasteiger partial charge < -0.3 is 30.5 Å². The van der Waals surface area contributed by atoms with Gasteiger partial charge in [-0.25, -0.2) is 9.79 Å². The first-order chi connectivity index (χ1) is 14.1. The van der Waals surface area contributed by atoms with Crippen molar-refractivity contribution < 1.29 is 19.4 Å². The van der Waals surface area contributed by atoms with Crippen molar-refractivity contribution in [2.24, 2.45) is 4.99 Å². The van der Waals surface area contributed by atoms with Crippen molar-refractivity contribution in [2.45, 2.75) is 72.1 Å². The Labute approximate surface area is 180 Å². The van der Waals surface area contributed by atoms with Crippen molar-refractivity contribution in [1.82, 2.24) is 16.0 Å². The zero-order valence-corrected chi connectivity index (χ0v) is 19.4. The van der Waals surface area contributed by atoms with E-state index in [1.807, 2.05) is 47.6 Å². The molecule has 0 heterocycles. The Balaban J connectivity index is 2.89. The zero-order chi connectivity index (χ0) is 22.8. The molecule has 4 N–H and O–H groups in total. The molecule has 0 fully saturated rings. The molecule has 0 radical (unpaired) electrons. The molecule has 1 rings (SSSR count). The van der Waals surface area contributed by atoms with E-state index in [2.05, 4.69) is 20.9 Å². The molecule has 1 aromatic rings. The number of nitrogens with one attached hydrogen (secondary N) is 3. The third-order valence-electron chi connectivity index (χ3n) is 4.77. The summed E-state index contributed by atoms with van der Waals surface area (Å²) in [6.45, 7) is 13.0. The summed E-state index contributed by atoms with van der Waals surface area (Å²) in [6, 6.07) is 5.32. The Kier molecular flexibility index (Phi) is 9.75. The van der Waals surface area contributed by atoms with Crippen molar-refractivity contribution in [3.8, 4) is 11.5 Å². The average Bonchev–Trinajstić information content (AvgIpc) is 2.68. The number of para-hydroxylation sites is 1. The van der Waals surface area contributed by atoms with E-state index in [9.17, 15) is 9.90 Å². The lowest BCUT2D eigenvalue weighted by Gasteiger charge is -2.34. The van der Waals surface area contributed by atoms with Crippen LogP contribution in [0.1, 0.15) is 59.9 Å². The Hall–Kier alpha value is -2.64. The van der Waals surface area contributed by atoms with Gasteiger partial charge in [0, 0.05) is 18.7 Å². The summed E-state index contributed by atoms with van der Waals surface area (Å²) in [5, 5.41) is 19.8. The molecule has 1 aromatic carbocycles. The number of benzene rings is 1. The van der Waals surface area contributed by atoms with E-state index >= 15 is 0 Å². The molecular formula is C22H38N4O4. The fourth-order valence-electron chi connectivity index (χ4n) is 2.86. The number of rotatable bonds is 9. The standard InChI is InChI=1S/C22H38N4O4/c1-8-22(9-2,26-20(28)30-21(4,5)6)15-25-19(23-10-3)24-14-16-12-11-13-17(29-7)18(16)27/h11-13,27H,8-10,14-15H2,1-7H3,(H,26,28)(H2,23,24,25). The second-order valence-electron chi connectivity index (χ2n) is 8.13. The number of carbonyl (C=O) groups is 1. The summed E-state index contributed by atoms with van der Waals surface area (Å²) in [5.74, 6) is 1.10. The number of carbonyl (C=O) groups excluding carboxylic acids is 1. The largest absolute Gasteiger partial charge is 0.504 e. The van der Waals surface area contributed by atoms with Gasteiger partial charge in [-0.15, -0.1) is 0 Å². The van der Waals surface area contributed by atoms with Crippen LogP contribution in [0.15, 0.2) is 23.2 Å². The van der Waals surface area contributed by atoms with Gasteiger partial charge in [-0.3, -0.25) is 0 Å². The molecule has 8 nitrogen and oxygen atoms in total. The number of aromatic hydroxyl groups is 1. The SMILES string of the molecule is CCNC(=NCc1cccc(OC)c1O)NCC(CC)(CC)NC(=O)OC(C)(C)C. The van der Waals surface area contributed by atoms with Crippen LogP contribution in [0.4, 0.5) is 4.79 Å². The number of phenolic OH excluding ortho intramolecular Hbond substituents is 1. The lowest BCUT2D eigenvalue weighted by molar-refractivity contribution is 0.0448. The molecule has 0 bridgehead atoms. The van der Waals surface area contributed by atoms with Gasteiger partial charge in [0.25, 0.3) is 0 Å². The maximum absolute atomic E-state index is 12.3. The highest BCUT2D eigenvalue weighted by molar-refractivity contribution is 5.80. The molecule has 0 aliphatic carbocycles. The predicted octanol–water partition coefficient (Wildman–Crippen LogP) is 3.54. The molecular weight excluding hydrogens is 384 g/mol. The first-order valence-electron chi connectivity index (χ1n) is 10.5. The van der Waals surface area contributed by atoms with Crippen LogP contribution in [-0.2, 0) is 11.3 Å². The Morgan fingerprint density at radius 2 is 1.80 bits per heavy atom. The molecule has 0 unspecified atom stereocenters. The number of guanidine groups is 1. The molecule has 0 saturated heterocycles. The summed E-state index contributed by atoms with van der Waals surface area (Å²) in [4.78, 5) is 16.9. The number of hydrogen-bond acceptors (Lipinski definition) is 5. The molecule has 0 aliphatic rings. The van der Waals surface area contributed by atoms with Crippen LogP contribution in [0.3, 0.4) is 0 Å². The summed E-state index contributed by atoms with van der Waals surface area (Å²) < 4.78 is 10.6. The van der Waals surface area contributed by atoms with Crippen molar-refractivity contribution in [3.63, 3.8) is 0 Å². The van der Waals surface area contributed by atoms with E-state index in [0.29, 0.717) is 30.4 Å². The van der Waals surface area contributed by atoms with Crippen LogP contribution in [0.5, 0.6) is 11.5 Å². The smallest absolute Gasteiger partial charge is 0.408 e. The van der Waals surface area contributed by atoms with E-state index in [1.165, 1.54) is 7.11 Å². The van der Waals surface area contributed by atoms with Gasteiger partial charge in [-0.05, 0) is 46.6 Å². The Morgan fingerprint density at radius 1 is 1.13 bits per heavy atom. The van der Waals surface area contributed by atoms with Gasteiger partial charge >= 0.3 is 6.09 Å². The van der Waals surface area contributed by atoms with Gasteiger partial charge in [0.05, 0.1) is 19.2 Å². The molecule has 0 saturated carbocycles. The van der Waals surface area contributed by atoms with E-state index < -0.39 is 17.2 Å². The third kappa shape index (κ3) is 8.00. The number of aliphatic imine (C=N–C) groups is 1. The Bertz CT molecular complexity index is 710. The normalized spacial score (nSPS) is 12.3. The number of amides is 1. The lowest BCUT2D eigenvalue weighted by atomic mass is 9.93. The molecule has 1 amide bonds. The van der Waals surface area contributed by atoms with Gasteiger partial charge in [-0.1, -0.05) is 26.0 Å². The number of ether oxygens (including phenoxy) is 2. The molecule has 0 aromatic heterocycles. The maximum Gasteiger partial charge on any atom is 0.408 e. The molecule has 8 heteroatoms. The highest BCUT2D eigenvalue weighted by Crippen LogP contribution is 2.29. The number of phenols is 1. The average molecular weight is 423 g/mol. The quantitative estimate of drug-likeness (QED) is 0.358. The van der Waals surface area contributed by atoms with Crippen molar-refractivity contribution in [1.29, 1.82) is 0 Å². The fourth-order valence-corrected chi connectivity index (χ4v) is 2.86. The molecule has 0 aliphatic heterocycles. The molecule has 30 heavy (non-hydrogen) atoms. The maximum atomic E-state index is 12.3. The number of nitrogens with zero attached hydrogens (tertiary/aromatic N) is 1. The zero-order valence-electron chi connectivity index (χ0n) is 19.4. The van der Waals surface area contributed by atoms with Gasteiger partial charge in [-0.2, -0.15) is 0 Å². The van der Waals surface area contributed by atoms with E-state index in [4.69, 9.17) is 9.47 Å². The number of alkyl carbamates (subject to hydrolysis) is 1. The topological polar surface area (TPSA) is 104 Å². The summed E-state index contributed by atoms with van der Waals surface area (Å²) in [6.07, 6.45) is 1.02. The lowest BCUT2D eigenvalue weighted by Crippen LogP contribution is -2.57. The molecule has 0 spiro atoms. The number of hydrogen-bond donors (Lipinski definition) is 4. The first-order valence-corrected chi connectivity index (χ1v) is 10.5. The molecule has 0 atom stereocenters. The second kappa shape index (κ2) is 11.5. The minimum absolute atomic E-state index is 0.0858. The van der Waals surface area contributed by atoms with E-state index in [0.717, 1.165) is 12.8 Å². The van der Waals surface area contributed by atoms with Crippen molar-refractivity contribution in [2.75, 3.05) is 20.2 Å². The first kappa shape index (κ1) is 25.4. The van der Waals surface area contributed by atoms with Crippen LogP contribution in [-0.4, -0.2) is 48.5 Å². The van der Waals surface area contributed by atoms with Crippen LogP contribution in [0.2, 0.25) is 0 Å². The van der Waals surface area contributed by atoms with Crippen LogP contribution >= 0.6 is 0 Å². The minimum Gasteiger partial charge on any atom is -0.504 e. The summed E-state index contributed by atoms with van der Waals surface area (Å²) >= 11 is 0. The van der Waals surface area contributed by atoms with E-state index in [1.54, 1.807) is 12.1 Å². The highest BCUT2D eigenvalue weighted by atomic mass is 16.6. The van der Waals surface area contributed by atoms with Crippen LogP contribution in [0, 0.1) is 0 Å². The highest BCUT2D eigenvalue weighted by Gasteiger charge is 2.30. The fraction of sp³-hybridized carbons (Fsp3) is 0.636. The van der Waals surface area contributed by atoms with Crippen LogP contribution < -0.4 is 20.7 Å². The number of methoxy groups -OCH3 is 1. The monoisotopic (exact) mass is 422 g/mol. The van der Waals surface area contributed by atoms with Crippen molar-refractivity contribution >= 4 is 12.1 Å². The van der Waals surface area contributed by atoms with Gasteiger partial charge in [0.15, 0.2) is 17.5 Å². The predicted molar refractivity (Wildman–Crippen MR) is 120 cm³/mol. The minimum atomic E-state index is -0.556. The second-order valence-corrected chi connectivity index (χ2v) is 8.13. The van der Waals surface area contributed by atoms with Crippen LogP contribution in [0.25, 0.3) is 0 Å². The third-order valence-corrected chi connectivity index (χ3v) is 4.77. The van der Waals surface area contributed by atoms with Gasteiger partial charge in [0.1, 0.15) is 5.60 Å². The van der Waals surface area contributed by atoms with E-state index in [-0.39, 0.29) is 12.3 Å². The Morgan fingerprint density at radius 3 is 2.33 bits per heavy atom. The summed E-state index contributed by atoms with van der Waals surface area (Å²) in [7, 11) is 1.51.